The molecule has 0 heterocycles. The Morgan fingerprint density at radius 1 is 1.15 bits per heavy atom. The first-order valence-corrected chi connectivity index (χ1v) is 4.68. The Morgan fingerprint density at radius 3 is 2.15 bits per heavy atom. The molecule has 4 N–H and O–H groups in total. The van der Waals surface area contributed by atoms with Gasteiger partial charge in [0.05, 0.1) is 0 Å². The zero-order valence-corrected chi connectivity index (χ0v) is 9.29. The van der Waals surface area contributed by atoms with Gasteiger partial charge in [-0.2, -0.15) is 0 Å². The molecule has 0 unspecified atom stereocenters. The summed E-state index contributed by atoms with van der Waals surface area (Å²) in [7, 11) is 0. The van der Waals surface area contributed by atoms with Crippen LogP contribution in [0, 0.1) is 0 Å². The second-order valence-corrected chi connectivity index (χ2v) is 2.89. The van der Waals surface area contributed by atoms with Crippen molar-refractivity contribution in [3.05, 3.63) is 0 Å². The minimum absolute atomic E-state index is 0. The van der Waals surface area contributed by atoms with Gasteiger partial charge < -0.3 is 14.7 Å². The second-order valence-electron chi connectivity index (χ2n) is 2.65. The van der Waals surface area contributed by atoms with Gasteiger partial charge in [-0.1, -0.05) is 32.6 Å². The largest absolute Gasteiger partial charge is 0.628 e. The molecule has 0 aliphatic rings. The highest BCUT2D eigenvalue weighted by atomic mass is 27.1. The lowest BCUT2D eigenvalue weighted by atomic mass is 10.1. The van der Waals surface area contributed by atoms with Crippen LogP contribution in [0.5, 0.6) is 0 Å². The summed E-state index contributed by atoms with van der Waals surface area (Å²) in [6.45, 7) is 2.18. The van der Waals surface area contributed by atoms with E-state index >= 15 is 0 Å². The van der Waals surface area contributed by atoms with E-state index < -0.39 is 0 Å². The van der Waals surface area contributed by atoms with Crippen molar-refractivity contribution in [2.45, 2.75) is 45.4 Å². The van der Waals surface area contributed by atoms with Gasteiger partial charge in [-0.25, -0.2) is 0 Å². The number of rotatable bonds is 6. The topological polar surface area (TPSA) is 89.3 Å². The third-order valence-corrected chi connectivity index (χ3v) is 1.88. The molecule has 0 aromatic carbocycles. The van der Waals surface area contributed by atoms with Crippen LogP contribution in [0.25, 0.3) is 0 Å². The average molecular weight is 206 g/mol. The van der Waals surface area contributed by atoms with Gasteiger partial charge in [0, 0.05) is 6.42 Å². The van der Waals surface area contributed by atoms with Crippen molar-refractivity contribution >= 4 is 22.6 Å². The number of unbranched alkanes of at least 4 members (excludes halogenated alkanes) is 4. The first-order chi connectivity index (χ1) is 5.31. The number of hydrogen-bond acceptors (Lipinski definition) is 2. The molecule has 13 heavy (non-hydrogen) atoms. The van der Waals surface area contributed by atoms with E-state index in [1.165, 1.54) is 19.3 Å². The van der Waals surface area contributed by atoms with Gasteiger partial charge in [0.25, 0.3) is 5.97 Å². The van der Waals surface area contributed by atoms with Gasteiger partial charge in [-0.15, -0.1) is 0 Å². The van der Waals surface area contributed by atoms with Crippen molar-refractivity contribution in [1.82, 2.24) is 0 Å². The lowest BCUT2D eigenvalue weighted by Gasteiger charge is -2.00. The zero-order valence-electron chi connectivity index (χ0n) is 8.14. The highest BCUT2D eigenvalue weighted by molar-refractivity contribution is 6.05. The van der Waals surface area contributed by atoms with E-state index in [0.29, 0.717) is 6.42 Å². The molecule has 0 aliphatic carbocycles. The number of hydrogen-bond donors (Lipinski definition) is 0. The first-order valence-electron chi connectivity index (χ1n) is 4.20. The van der Waals surface area contributed by atoms with Crippen molar-refractivity contribution < 1.29 is 19.5 Å². The van der Waals surface area contributed by atoms with E-state index in [2.05, 4.69) is 10.7 Å². The molecule has 4 nitrogen and oxygen atoms in total. The summed E-state index contributed by atoms with van der Waals surface area (Å²) in [5, 5.41) is 0. The Balaban J connectivity index is -0.000000500. The minimum atomic E-state index is -0.119. The third kappa shape index (κ3) is 14.7. The maximum atomic E-state index is 10.6. The Hall–Kier alpha value is -0.0775. The van der Waals surface area contributed by atoms with E-state index in [4.69, 9.17) is 0 Å². The summed E-state index contributed by atoms with van der Waals surface area (Å²) in [6, 6.07) is 0. The Morgan fingerprint density at radius 2 is 1.69 bits per heavy atom. The Bertz CT molecular complexity index is 108. The van der Waals surface area contributed by atoms with Crippen LogP contribution < -0.4 is 0 Å². The smallest absolute Gasteiger partial charge is 0.484 e. The molecule has 0 spiro atoms. The lowest BCUT2D eigenvalue weighted by Crippen LogP contribution is -2.00. The van der Waals surface area contributed by atoms with Gasteiger partial charge in [0.2, 0.25) is 0 Å². The van der Waals surface area contributed by atoms with Gasteiger partial charge in [0.1, 0.15) is 0 Å². The van der Waals surface area contributed by atoms with E-state index in [1.54, 1.807) is 0 Å². The fourth-order valence-electron chi connectivity index (χ4n) is 0.932. The quantitative estimate of drug-likeness (QED) is 0.462. The van der Waals surface area contributed by atoms with Gasteiger partial charge in [0.15, 0.2) is 0 Å². The van der Waals surface area contributed by atoms with Gasteiger partial charge in [-0.3, -0.25) is 4.79 Å². The molecule has 0 saturated carbocycles. The molecular formula is C8H19AlO4. The summed E-state index contributed by atoms with van der Waals surface area (Å²) in [5.74, 6) is -0.119. The molecule has 0 fully saturated rings. The maximum absolute atomic E-state index is 10.6. The predicted octanol–water partition coefficient (Wildman–Crippen LogP) is 0.324. The van der Waals surface area contributed by atoms with E-state index in [1.807, 2.05) is 16.6 Å². The summed E-state index contributed by atoms with van der Waals surface area (Å²) in [4.78, 5) is 10.6. The normalized spacial score (nSPS) is 8.08. The Labute approximate surface area is 88.0 Å². The van der Waals surface area contributed by atoms with Gasteiger partial charge in [-0.05, 0) is 6.42 Å². The molecule has 0 atom stereocenters. The summed E-state index contributed by atoms with van der Waals surface area (Å²) in [6.07, 6.45) is 6.43. The van der Waals surface area contributed by atoms with E-state index in [0.717, 1.165) is 12.8 Å². The van der Waals surface area contributed by atoms with Crippen LogP contribution in [0.4, 0.5) is 0 Å². The van der Waals surface area contributed by atoms with Crippen LogP contribution in [-0.4, -0.2) is 33.5 Å². The molecule has 0 aliphatic heterocycles. The molecule has 2 radical (unpaired) electrons. The van der Waals surface area contributed by atoms with Crippen molar-refractivity contribution in [3.8, 4) is 0 Å². The SMILES string of the molecule is CCCCCCCC(=O)[O][Al].O.O. The first kappa shape index (κ1) is 18.7. The summed E-state index contributed by atoms with van der Waals surface area (Å²) < 4.78 is 4.43. The molecule has 0 bridgehead atoms. The number of carbonyl (C=O) groups is 1. The summed E-state index contributed by atoms with van der Waals surface area (Å²) >= 11 is 1.98. The fraction of sp³-hybridized carbons (Fsp3) is 0.875. The van der Waals surface area contributed by atoms with Crippen molar-refractivity contribution in [2.75, 3.05) is 0 Å². The van der Waals surface area contributed by atoms with Crippen LogP contribution in [0.15, 0.2) is 0 Å². The molecule has 78 valence electrons. The second kappa shape index (κ2) is 14.4. The minimum Gasteiger partial charge on any atom is -0.628 e. The molecule has 0 saturated heterocycles. The van der Waals surface area contributed by atoms with Crippen LogP contribution >= 0.6 is 0 Å². The fourth-order valence-corrected chi connectivity index (χ4v) is 1.05. The van der Waals surface area contributed by atoms with Crippen molar-refractivity contribution in [2.24, 2.45) is 0 Å². The molecule has 5 heteroatoms. The standard InChI is InChI=1S/C8H16O2.Al.2H2O/c1-2-3-4-5-6-7-8(9)10;;;/h2-7H2,1H3,(H,9,10);;2*1H2/q;+1;;/p-1. The van der Waals surface area contributed by atoms with Crippen molar-refractivity contribution in [3.63, 3.8) is 0 Å². The van der Waals surface area contributed by atoms with Crippen molar-refractivity contribution in [1.29, 1.82) is 0 Å². The van der Waals surface area contributed by atoms with Gasteiger partial charge >= 0.3 is 16.6 Å². The molecule has 0 aromatic rings. The average Bonchev–Trinajstić information content (AvgIpc) is 2.04. The van der Waals surface area contributed by atoms with Crippen LogP contribution in [0.1, 0.15) is 45.4 Å². The Kier molecular flexibility index (Phi) is 20.7. The highest BCUT2D eigenvalue weighted by Crippen LogP contribution is 2.04. The van der Waals surface area contributed by atoms with E-state index in [-0.39, 0.29) is 16.9 Å². The zero-order chi connectivity index (χ0) is 8.53. The maximum Gasteiger partial charge on any atom is 0.484 e. The monoisotopic (exact) mass is 206 g/mol. The molecular weight excluding hydrogens is 187 g/mol. The van der Waals surface area contributed by atoms with Crippen LogP contribution in [-0.2, 0) is 8.58 Å². The molecule has 0 rings (SSSR count). The summed E-state index contributed by atoms with van der Waals surface area (Å²) in [5.41, 5.74) is 0. The third-order valence-electron chi connectivity index (χ3n) is 1.62. The molecule has 0 aromatic heterocycles. The number of carbonyl (C=O) groups excluding carboxylic acids is 1. The van der Waals surface area contributed by atoms with E-state index in [9.17, 15) is 4.79 Å². The van der Waals surface area contributed by atoms with Crippen LogP contribution in [0.2, 0.25) is 0 Å². The highest BCUT2D eigenvalue weighted by Gasteiger charge is 1.96. The lowest BCUT2D eigenvalue weighted by molar-refractivity contribution is -0.134. The van der Waals surface area contributed by atoms with Crippen LogP contribution in [0.3, 0.4) is 0 Å². The molecule has 0 amide bonds. The predicted molar refractivity (Wildman–Crippen MR) is 52.4 cm³/mol.